The molecule has 0 aromatic carbocycles. The molecule has 2 nitrogen and oxygen atoms in total. The van der Waals surface area contributed by atoms with E-state index in [1.54, 1.807) is 6.08 Å². The predicted octanol–water partition coefficient (Wildman–Crippen LogP) is 1.89. The maximum Gasteiger partial charge on any atom is 0.147 e. The van der Waals surface area contributed by atoms with Gasteiger partial charge in [0.15, 0.2) is 0 Å². The van der Waals surface area contributed by atoms with Crippen molar-refractivity contribution >= 4 is 11.6 Å². The molecule has 0 heterocycles. The molecule has 1 saturated carbocycles. The number of terminal acetylenes is 1. The molecule has 1 rings (SSSR count). The lowest BCUT2D eigenvalue weighted by Crippen LogP contribution is -2.41. The molecule has 1 aliphatic rings. The first-order valence-corrected chi connectivity index (χ1v) is 4.78. The molecular formula is C12H14O2. The van der Waals surface area contributed by atoms with Crippen molar-refractivity contribution in [3.63, 3.8) is 0 Å². The van der Waals surface area contributed by atoms with Gasteiger partial charge in [0.2, 0.25) is 0 Å². The van der Waals surface area contributed by atoms with Gasteiger partial charge in [-0.1, -0.05) is 6.08 Å². The van der Waals surface area contributed by atoms with Crippen molar-refractivity contribution in [2.45, 2.75) is 32.1 Å². The summed E-state index contributed by atoms with van der Waals surface area (Å²) >= 11 is 0. The third-order valence-electron chi connectivity index (χ3n) is 2.77. The number of Topliss-reactive ketones (excluding diaryl/α,β-unsaturated/α-hetero) is 2. The van der Waals surface area contributed by atoms with Crippen LogP contribution in [0.4, 0.5) is 0 Å². The Hall–Kier alpha value is -1.36. The lowest BCUT2D eigenvalue weighted by molar-refractivity contribution is -0.143. The second kappa shape index (κ2) is 4.23. The molecule has 14 heavy (non-hydrogen) atoms. The number of hydrogen-bond donors (Lipinski definition) is 0. The average molecular weight is 190 g/mol. The third-order valence-corrected chi connectivity index (χ3v) is 2.77. The van der Waals surface area contributed by atoms with Crippen LogP contribution < -0.4 is 0 Å². The fraction of sp³-hybridized carbons (Fsp3) is 0.500. The lowest BCUT2D eigenvalue weighted by atomic mass is 9.68. The molecule has 0 aromatic rings. The summed E-state index contributed by atoms with van der Waals surface area (Å²) in [5.41, 5.74) is -0.936. The highest BCUT2D eigenvalue weighted by atomic mass is 16.2. The smallest absolute Gasteiger partial charge is 0.147 e. The number of ketones is 2. The molecule has 1 aliphatic carbocycles. The fourth-order valence-corrected chi connectivity index (χ4v) is 1.96. The van der Waals surface area contributed by atoms with Crippen LogP contribution in [0.2, 0.25) is 0 Å². The van der Waals surface area contributed by atoms with Crippen LogP contribution >= 0.6 is 0 Å². The Kier molecular flexibility index (Phi) is 3.24. The molecule has 0 atom stereocenters. The van der Waals surface area contributed by atoms with Crippen LogP contribution in [0.1, 0.15) is 32.1 Å². The summed E-state index contributed by atoms with van der Waals surface area (Å²) in [4.78, 5) is 23.5. The summed E-state index contributed by atoms with van der Waals surface area (Å²) in [5, 5.41) is 0. The molecule has 0 aliphatic heterocycles. The number of carbonyl (C=O) groups is 2. The predicted molar refractivity (Wildman–Crippen MR) is 54.6 cm³/mol. The number of allylic oxidation sites excluding steroid dienone is 1. The van der Waals surface area contributed by atoms with E-state index in [0.717, 1.165) is 0 Å². The van der Waals surface area contributed by atoms with Crippen LogP contribution in [-0.2, 0) is 9.59 Å². The van der Waals surface area contributed by atoms with Crippen LogP contribution in [0.3, 0.4) is 0 Å². The topological polar surface area (TPSA) is 34.1 Å². The zero-order valence-electron chi connectivity index (χ0n) is 8.21. The molecule has 0 spiro atoms. The monoisotopic (exact) mass is 190 g/mol. The van der Waals surface area contributed by atoms with Gasteiger partial charge in [-0.3, -0.25) is 9.59 Å². The van der Waals surface area contributed by atoms with Gasteiger partial charge in [0.25, 0.3) is 0 Å². The van der Waals surface area contributed by atoms with Gasteiger partial charge < -0.3 is 0 Å². The minimum absolute atomic E-state index is 0.00778. The van der Waals surface area contributed by atoms with E-state index in [2.05, 4.69) is 12.5 Å². The second-order valence-electron chi connectivity index (χ2n) is 3.66. The highest BCUT2D eigenvalue weighted by Crippen LogP contribution is 2.36. The summed E-state index contributed by atoms with van der Waals surface area (Å²) in [6.07, 6.45) is 9.04. The molecule has 0 saturated heterocycles. The Morgan fingerprint density at radius 3 is 2.43 bits per heavy atom. The van der Waals surface area contributed by atoms with Crippen LogP contribution in [0.15, 0.2) is 12.7 Å². The van der Waals surface area contributed by atoms with Crippen LogP contribution in [0.5, 0.6) is 0 Å². The van der Waals surface area contributed by atoms with Crippen molar-refractivity contribution in [2.75, 3.05) is 0 Å². The highest BCUT2D eigenvalue weighted by Gasteiger charge is 2.44. The molecule has 74 valence electrons. The Labute approximate surface area is 84.4 Å². The zero-order valence-corrected chi connectivity index (χ0v) is 8.21. The summed E-state index contributed by atoms with van der Waals surface area (Å²) in [7, 11) is 0. The van der Waals surface area contributed by atoms with Crippen molar-refractivity contribution in [2.24, 2.45) is 5.41 Å². The van der Waals surface area contributed by atoms with Crippen molar-refractivity contribution in [3.8, 4) is 12.3 Å². The van der Waals surface area contributed by atoms with Gasteiger partial charge in [-0.25, -0.2) is 0 Å². The van der Waals surface area contributed by atoms with Gasteiger partial charge in [0.1, 0.15) is 17.0 Å². The quantitative estimate of drug-likeness (QED) is 0.387. The van der Waals surface area contributed by atoms with Crippen molar-refractivity contribution < 1.29 is 9.59 Å². The van der Waals surface area contributed by atoms with E-state index in [-0.39, 0.29) is 18.0 Å². The first-order valence-electron chi connectivity index (χ1n) is 4.78. The summed E-state index contributed by atoms with van der Waals surface area (Å²) < 4.78 is 0. The molecule has 0 amide bonds. The van der Waals surface area contributed by atoms with Gasteiger partial charge in [0.05, 0.1) is 0 Å². The summed E-state index contributed by atoms with van der Waals surface area (Å²) in [6.45, 7) is 3.58. The zero-order chi connectivity index (χ0) is 10.6. The largest absolute Gasteiger partial charge is 0.299 e. The van der Waals surface area contributed by atoms with E-state index in [1.165, 1.54) is 0 Å². The fourth-order valence-electron chi connectivity index (χ4n) is 1.96. The summed E-state index contributed by atoms with van der Waals surface area (Å²) in [6, 6.07) is 0. The SMILES string of the molecule is C#CCC1(CC=C)C(=O)CCCC1=O. The number of carbonyl (C=O) groups excluding carboxylic acids is 2. The Balaban J connectivity index is 3.02. The van der Waals surface area contributed by atoms with E-state index in [1.807, 2.05) is 0 Å². The number of hydrogen-bond acceptors (Lipinski definition) is 2. The highest BCUT2D eigenvalue weighted by molar-refractivity contribution is 6.09. The number of rotatable bonds is 3. The molecular weight excluding hydrogens is 176 g/mol. The van der Waals surface area contributed by atoms with Gasteiger partial charge in [-0.05, 0) is 12.8 Å². The summed E-state index contributed by atoms with van der Waals surface area (Å²) in [5.74, 6) is 2.42. The first-order chi connectivity index (χ1) is 6.67. The maximum atomic E-state index is 11.7. The molecule has 0 bridgehead atoms. The lowest BCUT2D eigenvalue weighted by Gasteiger charge is -2.31. The normalized spacial score (nSPS) is 20.2. The van der Waals surface area contributed by atoms with Gasteiger partial charge in [-0.15, -0.1) is 18.9 Å². The van der Waals surface area contributed by atoms with E-state index in [9.17, 15) is 9.59 Å². The molecule has 2 heteroatoms. The van der Waals surface area contributed by atoms with Crippen LogP contribution in [-0.4, -0.2) is 11.6 Å². The van der Waals surface area contributed by atoms with E-state index < -0.39 is 5.41 Å². The Morgan fingerprint density at radius 1 is 1.43 bits per heavy atom. The van der Waals surface area contributed by atoms with Crippen molar-refractivity contribution in [3.05, 3.63) is 12.7 Å². The van der Waals surface area contributed by atoms with E-state index in [0.29, 0.717) is 25.7 Å². The van der Waals surface area contributed by atoms with Gasteiger partial charge >= 0.3 is 0 Å². The Bertz CT molecular complexity index is 291. The van der Waals surface area contributed by atoms with Crippen LogP contribution in [0.25, 0.3) is 0 Å². The van der Waals surface area contributed by atoms with Gasteiger partial charge in [-0.2, -0.15) is 0 Å². The molecule has 1 fully saturated rings. The van der Waals surface area contributed by atoms with Gasteiger partial charge in [0, 0.05) is 19.3 Å². The van der Waals surface area contributed by atoms with E-state index >= 15 is 0 Å². The Morgan fingerprint density at radius 2 is 2.00 bits per heavy atom. The third kappa shape index (κ3) is 1.63. The minimum atomic E-state index is -0.936. The van der Waals surface area contributed by atoms with E-state index in [4.69, 9.17) is 6.42 Å². The van der Waals surface area contributed by atoms with Crippen molar-refractivity contribution in [1.82, 2.24) is 0 Å². The average Bonchev–Trinajstić information content (AvgIpc) is 2.15. The molecule has 0 aromatic heterocycles. The van der Waals surface area contributed by atoms with Crippen LogP contribution in [0, 0.1) is 17.8 Å². The standard InChI is InChI=1S/C12H14O2/c1-3-8-12(9-4-2)10(13)6-5-7-11(12)14/h1,4H,2,5-9H2. The molecule has 0 N–H and O–H groups in total. The second-order valence-corrected chi connectivity index (χ2v) is 3.66. The molecule has 0 radical (unpaired) electrons. The first kappa shape index (κ1) is 10.7. The maximum absolute atomic E-state index is 11.7. The van der Waals surface area contributed by atoms with Crippen molar-refractivity contribution in [1.29, 1.82) is 0 Å². The minimum Gasteiger partial charge on any atom is -0.299 e. The molecule has 0 unspecified atom stereocenters.